The minimum Gasteiger partial charge on any atom is -0.506 e. The fourth-order valence-electron chi connectivity index (χ4n) is 3.10. The largest absolute Gasteiger partial charge is 0.506 e. The summed E-state index contributed by atoms with van der Waals surface area (Å²) >= 11 is 0. The first-order valence-corrected chi connectivity index (χ1v) is 7.73. The van der Waals surface area contributed by atoms with Crippen molar-refractivity contribution in [2.75, 3.05) is 31.1 Å². The fraction of sp³-hybridized carbons (Fsp3) is 0.375. The van der Waals surface area contributed by atoms with Gasteiger partial charge in [0, 0.05) is 38.1 Å². The van der Waals surface area contributed by atoms with Gasteiger partial charge in [-0.15, -0.1) is 0 Å². The monoisotopic (exact) mass is 335 g/mol. The average Bonchev–Trinajstić information content (AvgIpc) is 2.56. The molecule has 2 aromatic rings. The number of nitrogens with one attached hydrogen (secondary N) is 1. The Morgan fingerprint density at radius 1 is 1.33 bits per heavy atom. The molecule has 0 amide bonds. The molecule has 8 heteroatoms. The molecule has 0 aliphatic carbocycles. The summed E-state index contributed by atoms with van der Waals surface area (Å²) in [5.74, 6) is -2.79. The van der Waals surface area contributed by atoms with Crippen LogP contribution in [0, 0.1) is 5.82 Å². The zero-order valence-corrected chi connectivity index (χ0v) is 13.2. The lowest BCUT2D eigenvalue weighted by Gasteiger charge is -2.30. The molecule has 0 atom stereocenters. The topological polar surface area (TPSA) is 94.8 Å². The Labute approximate surface area is 136 Å². The van der Waals surface area contributed by atoms with Crippen LogP contribution in [0.5, 0.6) is 5.75 Å². The van der Waals surface area contributed by atoms with Crippen LogP contribution in [0.4, 0.5) is 10.1 Å². The Hall–Kier alpha value is -2.61. The zero-order chi connectivity index (χ0) is 17.4. The highest BCUT2D eigenvalue weighted by Crippen LogP contribution is 2.32. The van der Waals surface area contributed by atoms with Crippen molar-refractivity contribution in [2.45, 2.75) is 13.5 Å². The molecule has 24 heavy (non-hydrogen) atoms. The predicted molar refractivity (Wildman–Crippen MR) is 87.5 cm³/mol. The van der Waals surface area contributed by atoms with Gasteiger partial charge in [-0.2, -0.15) is 0 Å². The summed E-state index contributed by atoms with van der Waals surface area (Å²) in [6, 6.07) is 2.60. The van der Waals surface area contributed by atoms with Gasteiger partial charge in [-0.3, -0.25) is 4.79 Å². The molecule has 0 spiro atoms. The average molecular weight is 335 g/mol. The lowest BCUT2D eigenvalue weighted by atomic mass is 10.1. The lowest BCUT2D eigenvalue weighted by Crippen LogP contribution is -2.43. The highest BCUT2D eigenvalue weighted by molar-refractivity contribution is 5.99. The molecule has 1 aliphatic rings. The van der Waals surface area contributed by atoms with Crippen molar-refractivity contribution < 1.29 is 19.4 Å². The summed E-state index contributed by atoms with van der Waals surface area (Å²) in [6.07, 6.45) is 0. The maximum absolute atomic E-state index is 14.5. The number of aryl methyl sites for hydroxylation is 1. The number of hydrogen-bond donors (Lipinski definition) is 3. The number of anilines is 1. The van der Waals surface area contributed by atoms with E-state index in [4.69, 9.17) is 0 Å². The Morgan fingerprint density at radius 2 is 2.00 bits per heavy atom. The molecule has 0 unspecified atom stereocenters. The van der Waals surface area contributed by atoms with E-state index >= 15 is 0 Å². The van der Waals surface area contributed by atoms with E-state index in [1.165, 1.54) is 10.6 Å². The van der Waals surface area contributed by atoms with Crippen LogP contribution >= 0.6 is 0 Å². The van der Waals surface area contributed by atoms with E-state index < -0.39 is 28.7 Å². The molecule has 1 aliphatic heterocycles. The summed E-state index contributed by atoms with van der Waals surface area (Å²) in [7, 11) is 0. The van der Waals surface area contributed by atoms with Gasteiger partial charge in [-0.1, -0.05) is 0 Å². The third-order valence-corrected chi connectivity index (χ3v) is 4.29. The van der Waals surface area contributed by atoms with Crippen molar-refractivity contribution in [3.8, 4) is 5.75 Å². The summed E-state index contributed by atoms with van der Waals surface area (Å²) < 4.78 is 15.8. The molecule has 1 fully saturated rings. The number of nitrogens with zero attached hydrogens (tertiary/aromatic N) is 2. The van der Waals surface area contributed by atoms with Crippen LogP contribution in [0.3, 0.4) is 0 Å². The Kier molecular flexibility index (Phi) is 4.15. The van der Waals surface area contributed by atoms with Gasteiger partial charge in [0.2, 0.25) is 0 Å². The number of aromatic nitrogens is 1. The number of aromatic hydroxyl groups is 1. The van der Waals surface area contributed by atoms with Gasteiger partial charge >= 0.3 is 5.97 Å². The van der Waals surface area contributed by atoms with Crippen LogP contribution in [-0.2, 0) is 6.54 Å². The molecular formula is C16H18FN3O4. The fourth-order valence-corrected chi connectivity index (χ4v) is 3.10. The molecule has 1 aromatic heterocycles. The summed E-state index contributed by atoms with van der Waals surface area (Å²) in [5.41, 5.74) is -0.875. The van der Waals surface area contributed by atoms with Gasteiger partial charge < -0.3 is 25.0 Å². The number of pyridine rings is 1. The quantitative estimate of drug-likeness (QED) is 0.774. The molecule has 3 rings (SSSR count). The van der Waals surface area contributed by atoms with Crippen molar-refractivity contribution in [2.24, 2.45) is 0 Å². The first-order chi connectivity index (χ1) is 11.5. The van der Waals surface area contributed by atoms with Crippen LogP contribution in [0.2, 0.25) is 0 Å². The number of fused-ring (bicyclic) bond motifs is 1. The number of carboxylic acid groups (broad SMARTS) is 1. The second-order valence-corrected chi connectivity index (χ2v) is 5.64. The minimum absolute atomic E-state index is 0.0187. The van der Waals surface area contributed by atoms with E-state index in [0.29, 0.717) is 24.3 Å². The second kappa shape index (κ2) is 6.12. The molecular weight excluding hydrogens is 317 g/mol. The molecule has 1 saturated heterocycles. The van der Waals surface area contributed by atoms with E-state index in [-0.39, 0.29) is 11.9 Å². The predicted octanol–water partition coefficient (Wildman–Crippen LogP) is 0.974. The van der Waals surface area contributed by atoms with Crippen LogP contribution in [0.15, 0.2) is 16.9 Å². The number of benzene rings is 1. The molecule has 0 radical (unpaired) electrons. The standard InChI is InChI=1S/C16H18FN3O4/c1-2-20-11-8-12(19-5-3-18-4-6-19)10(17)7-9(11)14(21)13(15(20)22)16(23)24/h7-8,18,21H,2-6H2,1H3,(H,23,24). The van der Waals surface area contributed by atoms with Gasteiger partial charge in [0.25, 0.3) is 5.56 Å². The summed E-state index contributed by atoms with van der Waals surface area (Å²) in [6.45, 7) is 4.60. The van der Waals surface area contributed by atoms with Gasteiger partial charge in [-0.05, 0) is 19.1 Å². The van der Waals surface area contributed by atoms with Crippen molar-refractivity contribution in [3.05, 3.63) is 33.9 Å². The van der Waals surface area contributed by atoms with Crippen LogP contribution in [0.25, 0.3) is 10.9 Å². The van der Waals surface area contributed by atoms with Gasteiger partial charge in [0.05, 0.1) is 11.2 Å². The molecule has 2 heterocycles. The molecule has 1 aromatic carbocycles. The maximum atomic E-state index is 14.5. The number of carbonyl (C=O) groups is 1. The third-order valence-electron chi connectivity index (χ3n) is 4.29. The van der Waals surface area contributed by atoms with E-state index in [2.05, 4.69) is 5.32 Å². The number of halogens is 1. The number of rotatable bonds is 3. The van der Waals surface area contributed by atoms with E-state index in [0.717, 1.165) is 19.2 Å². The lowest BCUT2D eigenvalue weighted by molar-refractivity contribution is 0.0691. The third kappa shape index (κ3) is 2.48. The van der Waals surface area contributed by atoms with Gasteiger partial charge in [0.15, 0.2) is 5.56 Å². The Morgan fingerprint density at radius 3 is 2.58 bits per heavy atom. The Balaban J connectivity index is 2.31. The highest BCUT2D eigenvalue weighted by atomic mass is 19.1. The van der Waals surface area contributed by atoms with Gasteiger partial charge in [0.1, 0.15) is 11.6 Å². The van der Waals surface area contributed by atoms with E-state index in [9.17, 15) is 24.2 Å². The van der Waals surface area contributed by atoms with Crippen LogP contribution in [-0.4, -0.2) is 46.9 Å². The van der Waals surface area contributed by atoms with E-state index in [1.807, 2.05) is 4.90 Å². The first-order valence-electron chi connectivity index (χ1n) is 7.73. The van der Waals surface area contributed by atoms with Crippen LogP contribution < -0.4 is 15.8 Å². The summed E-state index contributed by atoms with van der Waals surface area (Å²) in [5, 5.41) is 22.5. The normalized spacial score (nSPS) is 15.0. The van der Waals surface area contributed by atoms with Crippen molar-refractivity contribution in [3.63, 3.8) is 0 Å². The molecule has 0 saturated carbocycles. The van der Waals surface area contributed by atoms with Crippen molar-refractivity contribution in [1.82, 2.24) is 9.88 Å². The maximum Gasteiger partial charge on any atom is 0.345 e. The SMILES string of the molecule is CCn1c(=O)c(C(=O)O)c(O)c2cc(F)c(N3CCNCC3)cc21. The van der Waals surface area contributed by atoms with E-state index in [1.54, 1.807) is 6.92 Å². The molecule has 128 valence electrons. The smallest absolute Gasteiger partial charge is 0.345 e. The highest BCUT2D eigenvalue weighted by Gasteiger charge is 2.24. The van der Waals surface area contributed by atoms with Crippen LogP contribution in [0.1, 0.15) is 17.3 Å². The van der Waals surface area contributed by atoms with Crippen molar-refractivity contribution >= 4 is 22.6 Å². The molecule has 0 bridgehead atoms. The summed E-state index contributed by atoms with van der Waals surface area (Å²) in [4.78, 5) is 25.5. The number of aromatic carboxylic acids is 1. The zero-order valence-electron chi connectivity index (χ0n) is 13.2. The first kappa shape index (κ1) is 16.3. The number of carboxylic acids is 1. The molecule has 3 N–H and O–H groups in total. The number of hydrogen-bond acceptors (Lipinski definition) is 5. The van der Waals surface area contributed by atoms with Gasteiger partial charge in [-0.25, -0.2) is 9.18 Å². The Bertz CT molecular complexity index is 872. The minimum atomic E-state index is -1.53. The second-order valence-electron chi connectivity index (χ2n) is 5.64. The van der Waals surface area contributed by atoms with Crippen molar-refractivity contribution in [1.29, 1.82) is 0 Å². The molecule has 7 nitrogen and oxygen atoms in total. The number of piperazine rings is 1.